The van der Waals surface area contributed by atoms with Crippen molar-refractivity contribution in [1.82, 2.24) is 0 Å². The molecule has 2 aromatic carbocycles. The highest BCUT2D eigenvalue weighted by Crippen LogP contribution is 2.30. The maximum atomic E-state index is 9.54. The van der Waals surface area contributed by atoms with Crippen molar-refractivity contribution < 1.29 is 19.7 Å². The highest BCUT2D eigenvalue weighted by Gasteiger charge is 2.02. The van der Waals surface area contributed by atoms with Gasteiger partial charge in [-0.1, -0.05) is 31.2 Å². The van der Waals surface area contributed by atoms with Gasteiger partial charge >= 0.3 is 5.97 Å². The summed E-state index contributed by atoms with van der Waals surface area (Å²) in [6, 6.07) is 11.0. The van der Waals surface area contributed by atoms with Crippen LogP contribution in [0, 0.1) is 0 Å². The second-order valence-corrected chi connectivity index (χ2v) is 3.58. The molecule has 2 N–H and O–H groups in total. The molecule has 2 rings (SSSR count). The summed E-state index contributed by atoms with van der Waals surface area (Å²) in [7, 11) is 1.62. The molecule has 0 radical (unpaired) electrons. The van der Waals surface area contributed by atoms with Crippen LogP contribution in [0.1, 0.15) is 13.3 Å². The fraction of sp³-hybridized carbons (Fsp3) is 0.214. The Kier molecular flexibility index (Phi) is 4.99. The molecule has 96 valence electrons. The predicted octanol–water partition coefficient (Wildman–Crippen LogP) is 3.04. The first-order chi connectivity index (χ1) is 8.60. The Morgan fingerprint density at radius 1 is 1.17 bits per heavy atom. The first kappa shape index (κ1) is 13.8. The number of carboxylic acid groups (broad SMARTS) is 1. The van der Waals surface area contributed by atoms with Gasteiger partial charge in [-0.2, -0.15) is 0 Å². The van der Waals surface area contributed by atoms with Gasteiger partial charge in [0.1, 0.15) is 11.5 Å². The molecular formula is C14H16O4. The van der Waals surface area contributed by atoms with E-state index in [-0.39, 0.29) is 12.2 Å². The Balaban J connectivity index is 0.000000280. The van der Waals surface area contributed by atoms with Crippen molar-refractivity contribution in [3.8, 4) is 11.5 Å². The zero-order chi connectivity index (χ0) is 13.5. The number of phenolic OH excluding ortho intramolecular Hbond substituents is 1. The van der Waals surface area contributed by atoms with Crippen LogP contribution in [0.3, 0.4) is 0 Å². The van der Waals surface area contributed by atoms with Crippen molar-refractivity contribution in [3.05, 3.63) is 36.4 Å². The number of aliphatic carboxylic acids is 1. The molecule has 0 saturated carbocycles. The minimum atomic E-state index is -0.745. The van der Waals surface area contributed by atoms with Gasteiger partial charge in [0.2, 0.25) is 0 Å². The Bertz CT molecular complexity index is 534. The van der Waals surface area contributed by atoms with Crippen molar-refractivity contribution in [3.63, 3.8) is 0 Å². The number of fused-ring (bicyclic) bond motifs is 1. The molecule has 0 saturated heterocycles. The molecule has 18 heavy (non-hydrogen) atoms. The highest BCUT2D eigenvalue weighted by molar-refractivity contribution is 5.92. The third-order valence-corrected chi connectivity index (χ3v) is 2.38. The lowest BCUT2D eigenvalue weighted by Gasteiger charge is -2.05. The van der Waals surface area contributed by atoms with Crippen molar-refractivity contribution in [1.29, 1.82) is 0 Å². The topological polar surface area (TPSA) is 66.8 Å². The maximum absolute atomic E-state index is 9.54. The van der Waals surface area contributed by atoms with E-state index in [0.29, 0.717) is 0 Å². The minimum absolute atomic E-state index is 0.222. The van der Waals surface area contributed by atoms with E-state index >= 15 is 0 Å². The Labute approximate surface area is 105 Å². The number of methoxy groups -OCH3 is 1. The van der Waals surface area contributed by atoms with Crippen LogP contribution >= 0.6 is 0 Å². The number of rotatable bonds is 2. The molecule has 0 aliphatic heterocycles. The van der Waals surface area contributed by atoms with Crippen LogP contribution in [0.5, 0.6) is 11.5 Å². The molecule has 0 fully saturated rings. The molecule has 0 unspecified atom stereocenters. The van der Waals surface area contributed by atoms with Gasteiger partial charge in [-0.25, -0.2) is 0 Å². The number of aromatic hydroxyl groups is 1. The van der Waals surface area contributed by atoms with Gasteiger partial charge in [-0.05, 0) is 12.1 Å². The SMILES string of the molecule is CCC(=O)O.COc1cccc2c(O)cccc12. The molecule has 0 amide bonds. The Morgan fingerprint density at radius 2 is 1.72 bits per heavy atom. The van der Waals surface area contributed by atoms with Crippen LogP contribution in [0.15, 0.2) is 36.4 Å². The summed E-state index contributed by atoms with van der Waals surface area (Å²) in [6.07, 6.45) is 0.222. The largest absolute Gasteiger partial charge is 0.507 e. The molecule has 0 spiro atoms. The van der Waals surface area contributed by atoms with Crippen LogP contribution in [-0.2, 0) is 4.79 Å². The Hall–Kier alpha value is -2.23. The van der Waals surface area contributed by atoms with E-state index in [1.807, 2.05) is 24.3 Å². The molecule has 0 heterocycles. The van der Waals surface area contributed by atoms with Crippen molar-refractivity contribution in [2.75, 3.05) is 7.11 Å². The lowest BCUT2D eigenvalue weighted by Crippen LogP contribution is -1.86. The quantitative estimate of drug-likeness (QED) is 0.857. The number of ether oxygens (including phenoxy) is 1. The molecule has 0 aliphatic carbocycles. The first-order valence-corrected chi connectivity index (χ1v) is 5.56. The van der Waals surface area contributed by atoms with E-state index < -0.39 is 5.97 Å². The van der Waals surface area contributed by atoms with Crippen LogP contribution < -0.4 is 4.74 Å². The van der Waals surface area contributed by atoms with Gasteiger partial charge in [0.05, 0.1) is 7.11 Å². The predicted molar refractivity (Wildman–Crippen MR) is 70.1 cm³/mol. The molecular weight excluding hydrogens is 232 g/mol. The third kappa shape index (κ3) is 3.38. The molecule has 4 heteroatoms. The van der Waals surface area contributed by atoms with Gasteiger partial charge in [0.25, 0.3) is 0 Å². The zero-order valence-electron chi connectivity index (χ0n) is 10.4. The summed E-state index contributed by atoms with van der Waals surface area (Å²) >= 11 is 0. The van der Waals surface area contributed by atoms with Gasteiger partial charge < -0.3 is 14.9 Å². The van der Waals surface area contributed by atoms with Gasteiger partial charge in [-0.3, -0.25) is 4.79 Å². The van der Waals surface area contributed by atoms with E-state index in [1.54, 1.807) is 26.2 Å². The molecule has 4 nitrogen and oxygen atoms in total. The summed E-state index contributed by atoms with van der Waals surface area (Å²) in [5.74, 6) is 0.329. The minimum Gasteiger partial charge on any atom is -0.507 e. The van der Waals surface area contributed by atoms with E-state index in [0.717, 1.165) is 16.5 Å². The Morgan fingerprint density at radius 3 is 2.28 bits per heavy atom. The van der Waals surface area contributed by atoms with Crippen molar-refractivity contribution >= 4 is 16.7 Å². The van der Waals surface area contributed by atoms with Crippen LogP contribution in [0.2, 0.25) is 0 Å². The average Bonchev–Trinajstić information content (AvgIpc) is 2.39. The number of hydrogen-bond donors (Lipinski definition) is 2. The van der Waals surface area contributed by atoms with E-state index in [1.165, 1.54) is 0 Å². The maximum Gasteiger partial charge on any atom is 0.303 e. The highest BCUT2D eigenvalue weighted by atomic mass is 16.5. The summed E-state index contributed by atoms with van der Waals surface area (Å²) in [6.45, 7) is 1.60. The average molecular weight is 248 g/mol. The van der Waals surface area contributed by atoms with Crippen LogP contribution in [-0.4, -0.2) is 23.3 Å². The molecule has 0 aromatic heterocycles. The summed E-state index contributed by atoms with van der Waals surface area (Å²) in [4.78, 5) is 9.37. The second-order valence-electron chi connectivity index (χ2n) is 3.58. The zero-order valence-corrected chi connectivity index (χ0v) is 10.4. The monoisotopic (exact) mass is 248 g/mol. The fourth-order valence-electron chi connectivity index (χ4n) is 1.44. The van der Waals surface area contributed by atoms with E-state index in [9.17, 15) is 9.90 Å². The van der Waals surface area contributed by atoms with Gasteiger partial charge in [-0.15, -0.1) is 0 Å². The first-order valence-electron chi connectivity index (χ1n) is 5.56. The van der Waals surface area contributed by atoms with E-state index in [2.05, 4.69) is 0 Å². The van der Waals surface area contributed by atoms with Gasteiger partial charge in [0, 0.05) is 17.2 Å². The third-order valence-electron chi connectivity index (χ3n) is 2.38. The van der Waals surface area contributed by atoms with Crippen LogP contribution in [0.4, 0.5) is 0 Å². The second kappa shape index (κ2) is 6.49. The summed E-state index contributed by atoms with van der Waals surface area (Å²) < 4.78 is 5.17. The summed E-state index contributed by atoms with van der Waals surface area (Å²) in [5.41, 5.74) is 0. The molecule has 2 aromatic rings. The number of benzene rings is 2. The standard InChI is InChI=1S/C11H10O2.C3H6O2/c1-13-11-7-3-4-8-9(11)5-2-6-10(8)12;1-2-3(4)5/h2-7,12H,1H3;2H2,1H3,(H,4,5). The molecule has 0 bridgehead atoms. The normalized spacial score (nSPS) is 9.44. The fourth-order valence-corrected chi connectivity index (χ4v) is 1.44. The number of phenols is 1. The van der Waals surface area contributed by atoms with Crippen molar-refractivity contribution in [2.45, 2.75) is 13.3 Å². The van der Waals surface area contributed by atoms with Crippen LogP contribution in [0.25, 0.3) is 10.8 Å². The lowest BCUT2D eigenvalue weighted by atomic mass is 10.1. The summed E-state index contributed by atoms with van der Waals surface area (Å²) in [5, 5.41) is 19.0. The lowest BCUT2D eigenvalue weighted by molar-refractivity contribution is -0.136. The molecule has 0 atom stereocenters. The number of carbonyl (C=O) groups is 1. The van der Waals surface area contributed by atoms with E-state index in [4.69, 9.17) is 9.84 Å². The smallest absolute Gasteiger partial charge is 0.303 e. The molecule has 0 aliphatic rings. The number of hydrogen-bond acceptors (Lipinski definition) is 3. The van der Waals surface area contributed by atoms with Crippen molar-refractivity contribution in [2.24, 2.45) is 0 Å². The van der Waals surface area contributed by atoms with Gasteiger partial charge in [0.15, 0.2) is 0 Å². The number of carboxylic acids is 1.